The first-order chi connectivity index (χ1) is 4.31. The van der Waals surface area contributed by atoms with E-state index in [4.69, 9.17) is 17.0 Å². The van der Waals surface area contributed by atoms with Crippen molar-refractivity contribution in [3.05, 3.63) is 23.8 Å². The zero-order valence-electron chi connectivity index (χ0n) is 5.20. The number of rotatable bonds is 0. The standard InChI is InChI=1S/C6H8.2ClH.Zr/c1-6-4-2-3-5-6;;;/h2,4-5H,3H2,1H3;2*1H;/q;;;+2/p-2. The van der Waals surface area contributed by atoms with Gasteiger partial charge in [0.25, 0.3) is 0 Å². The van der Waals surface area contributed by atoms with Crippen molar-refractivity contribution in [2.75, 3.05) is 0 Å². The van der Waals surface area contributed by atoms with E-state index in [0.29, 0.717) is 0 Å². The van der Waals surface area contributed by atoms with Gasteiger partial charge in [-0.25, -0.2) is 0 Å². The predicted octanol–water partition coefficient (Wildman–Crippen LogP) is 3.27. The summed E-state index contributed by atoms with van der Waals surface area (Å²) in [6.45, 7) is 2.11. The predicted molar refractivity (Wildman–Crippen MR) is 39.2 cm³/mol. The Bertz CT molecular complexity index is 115. The van der Waals surface area contributed by atoms with Crippen molar-refractivity contribution in [2.24, 2.45) is 0 Å². The van der Waals surface area contributed by atoms with Crippen LogP contribution in [0, 0.1) is 0 Å². The molecule has 0 aromatic carbocycles. The van der Waals surface area contributed by atoms with Crippen molar-refractivity contribution in [1.82, 2.24) is 0 Å². The van der Waals surface area contributed by atoms with Gasteiger partial charge in [0.15, 0.2) is 0 Å². The molecule has 1 aliphatic carbocycles. The topological polar surface area (TPSA) is 0 Å². The first kappa shape index (κ1) is 9.94. The molecule has 0 fully saturated rings. The molecular formula is C6H8Cl2Zr. The fourth-order valence-corrected chi connectivity index (χ4v) is 0.576. The molecule has 0 spiro atoms. The molecule has 0 atom stereocenters. The quantitative estimate of drug-likeness (QED) is 0.611. The van der Waals surface area contributed by atoms with Gasteiger partial charge in [-0.1, -0.05) is 23.8 Å². The minimum absolute atomic E-state index is 0.826. The molecule has 0 N–H and O–H groups in total. The molecule has 0 heterocycles. The summed E-state index contributed by atoms with van der Waals surface area (Å²) in [4.78, 5) is 0. The molecule has 0 aromatic rings. The van der Waals surface area contributed by atoms with Gasteiger partial charge in [0.2, 0.25) is 0 Å². The van der Waals surface area contributed by atoms with Gasteiger partial charge in [-0.15, -0.1) is 0 Å². The first-order valence-corrected chi connectivity index (χ1v) is 8.94. The van der Waals surface area contributed by atoms with Gasteiger partial charge in [-0.05, 0) is 13.3 Å². The maximum atomic E-state index is 4.93. The molecule has 3 heteroatoms. The van der Waals surface area contributed by atoms with Gasteiger partial charge < -0.3 is 0 Å². The van der Waals surface area contributed by atoms with Crippen LogP contribution in [0.3, 0.4) is 0 Å². The summed E-state index contributed by atoms with van der Waals surface area (Å²) >= 11 is -0.826. The summed E-state index contributed by atoms with van der Waals surface area (Å²) in [5, 5.41) is 0. The van der Waals surface area contributed by atoms with E-state index in [9.17, 15) is 0 Å². The normalized spacial score (nSPS) is 13.9. The Morgan fingerprint density at radius 1 is 1.56 bits per heavy atom. The molecule has 0 bridgehead atoms. The molecule has 9 heavy (non-hydrogen) atoms. The third-order valence-electron chi connectivity index (χ3n) is 0.957. The Balaban J connectivity index is 0.000000187. The second kappa shape index (κ2) is 7.05. The fourth-order valence-electron chi connectivity index (χ4n) is 0.576. The molecule has 0 nitrogen and oxygen atoms in total. The minimum atomic E-state index is -0.826. The SMILES string of the molecule is CC1=CCC=C1.[Cl][Zr][Cl]. The van der Waals surface area contributed by atoms with E-state index >= 15 is 0 Å². The second-order valence-corrected chi connectivity index (χ2v) is 5.39. The van der Waals surface area contributed by atoms with Gasteiger partial charge in [0.05, 0.1) is 0 Å². The van der Waals surface area contributed by atoms with E-state index in [1.807, 2.05) is 0 Å². The second-order valence-electron chi connectivity index (χ2n) is 1.66. The molecule has 0 saturated heterocycles. The van der Waals surface area contributed by atoms with Crippen molar-refractivity contribution >= 4 is 17.0 Å². The Morgan fingerprint density at radius 3 is 2.22 bits per heavy atom. The summed E-state index contributed by atoms with van der Waals surface area (Å²) in [5.74, 6) is 0. The van der Waals surface area contributed by atoms with Crippen LogP contribution in [0.4, 0.5) is 0 Å². The van der Waals surface area contributed by atoms with Gasteiger partial charge in [-0.3, -0.25) is 0 Å². The summed E-state index contributed by atoms with van der Waals surface area (Å²) < 4.78 is 0. The molecule has 0 saturated carbocycles. The Labute approximate surface area is 74.6 Å². The maximum absolute atomic E-state index is 4.93. The van der Waals surface area contributed by atoms with E-state index in [0.717, 1.165) is 6.42 Å². The van der Waals surface area contributed by atoms with E-state index in [1.165, 1.54) is 5.57 Å². The van der Waals surface area contributed by atoms with E-state index in [2.05, 4.69) is 25.2 Å². The molecule has 50 valence electrons. The van der Waals surface area contributed by atoms with Crippen LogP contribution in [0.25, 0.3) is 0 Å². The third-order valence-corrected chi connectivity index (χ3v) is 0.957. The molecule has 0 radical (unpaired) electrons. The molecule has 0 unspecified atom stereocenters. The van der Waals surface area contributed by atoms with E-state index < -0.39 is 20.8 Å². The van der Waals surface area contributed by atoms with Crippen LogP contribution >= 0.6 is 17.0 Å². The molecule has 1 aliphatic rings. The van der Waals surface area contributed by atoms with Crippen molar-refractivity contribution in [3.63, 3.8) is 0 Å². The molecule has 1 rings (SSSR count). The zero-order valence-corrected chi connectivity index (χ0v) is 9.16. The van der Waals surface area contributed by atoms with Crippen molar-refractivity contribution in [3.8, 4) is 0 Å². The summed E-state index contributed by atoms with van der Waals surface area (Å²) in [5.41, 5.74) is 1.40. The Hall–Kier alpha value is 0.943. The molecular weight excluding hydrogens is 234 g/mol. The van der Waals surface area contributed by atoms with Gasteiger partial charge in [-0.2, -0.15) is 0 Å². The van der Waals surface area contributed by atoms with Crippen molar-refractivity contribution in [2.45, 2.75) is 13.3 Å². The zero-order chi connectivity index (χ0) is 7.11. The average molecular weight is 242 g/mol. The molecule has 0 aliphatic heterocycles. The number of hydrogen-bond donors (Lipinski definition) is 0. The van der Waals surface area contributed by atoms with Crippen LogP contribution in [0.1, 0.15) is 13.3 Å². The summed E-state index contributed by atoms with van der Waals surface area (Å²) in [6, 6.07) is 0. The van der Waals surface area contributed by atoms with E-state index in [-0.39, 0.29) is 0 Å². The summed E-state index contributed by atoms with van der Waals surface area (Å²) in [6.07, 6.45) is 7.65. The van der Waals surface area contributed by atoms with Gasteiger partial charge in [0.1, 0.15) is 0 Å². The summed E-state index contributed by atoms with van der Waals surface area (Å²) in [7, 11) is 9.87. The third kappa shape index (κ3) is 6.83. The molecule has 0 aromatic heterocycles. The Kier molecular flexibility index (Phi) is 7.79. The van der Waals surface area contributed by atoms with Crippen molar-refractivity contribution in [1.29, 1.82) is 0 Å². The Morgan fingerprint density at radius 2 is 2.11 bits per heavy atom. The number of allylic oxidation sites excluding steroid dienone is 4. The van der Waals surface area contributed by atoms with Crippen LogP contribution in [0.2, 0.25) is 0 Å². The monoisotopic (exact) mass is 240 g/mol. The first-order valence-electron chi connectivity index (χ1n) is 2.61. The van der Waals surface area contributed by atoms with Crippen LogP contribution in [-0.2, 0) is 20.8 Å². The number of halogens is 2. The van der Waals surface area contributed by atoms with Crippen LogP contribution in [0.5, 0.6) is 0 Å². The van der Waals surface area contributed by atoms with Crippen LogP contribution in [-0.4, -0.2) is 0 Å². The average Bonchev–Trinajstić information content (AvgIpc) is 2.20. The van der Waals surface area contributed by atoms with Crippen LogP contribution in [0.15, 0.2) is 23.8 Å². The fraction of sp³-hybridized carbons (Fsp3) is 0.333. The van der Waals surface area contributed by atoms with Crippen LogP contribution < -0.4 is 0 Å². The van der Waals surface area contributed by atoms with Gasteiger partial charge in [0, 0.05) is 0 Å². The van der Waals surface area contributed by atoms with E-state index in [1.54, 1.807) is 0 Å². The number of hydrogen-bond acceptors (Lipinski definition) is 0. The van der Waals surface area contributed by atoms with Crippen molar-refractivity contribution < 1.29 is 20.8 Å². The molecule has 0 amide bonds. The van der Waals surface area contributed by atoms with Gasteiger partial charge >= 0.3 is 37.9 Å².